The Morgan fingerprint density at radius 2 is 1.95 bits per heavy atom. The molecule has 4 nitrogen and oxygen atoms in total. The lowest BCUT2D eigenvalue weighted by Gasteiger charge is -2.20. The lowest BCUT2D eigenvalue weighted by Crippen LogP contribution is -2.24. The second kappa shape index (κ2) is 6.45. The number of hydrogen-bond donors (Lipinski definition) is 2. The summed E-state index contributed by atoms with van der Waals surface area (Å²) < 4.78 is 0. The van der Waals surface area contributed by atoms with Gasteiger partial charge in [-0.25, -0.2) is 0 Å². The van der Waals surface area contributed by atoms with Gasteiger partial charge in [-0.15, -0.1) is 0 Å². The lowest BCUT2D eigenvalue weighted by atomic mass is 9.98. The van der Waals surface area contributed by atoms with Crippen LogP contribution in [0.2, 0.25) is 0 Å². The van der Waals surface area contributed by atoms with Crippen LogP contribution >= 0.6 is 0 Å². The van der Waals surface area contributed by atoms with Crippen LogP contribution in [0.25, 0.3) is 0 Å². The van der Waals surface area contributed by atoms with Gasteiger partial charge in [-0.3, -0.25) is 4.79 Å². The number of rotatable bonds is 5. The highest BCUT2D eigenvalue weighted by molar-refractivity contribution is 5.99. The van der Waals surface area contributed by atoms with E-state index in [0.29, 0.717) is 23.1 Å². The highest BCUT2D eigenvalue weighted by Gasteiger charge is 2.14. The minimum Gasteiger partial charge on any atom is -0.399 e. The maximum atomic E-state index is 12.1. The van der Waals surface area contributed by atoms with Crippen LogP contribution in [0.15, 0.2) is 18.2 Å². The molecule has 0 fully saturated rings. The summed E-state index contributed by atoms with van der Waals surface area (Å²) in [5.41, 5.74) is 7.94. The second-order valence-corrected chi connectivity index (χ2v) is 5.61. The number of nitrogens with one attached hydrogen (secondary N) is 1. The molecule has 1 rings (SSSR count). The molecule has 1 amide bonds. The smallest absolute Gasteiger partial charge is 0.255 e. The third-order valence-corrected chi connectivity index (χ3v) is 3.43. The van der Waals surface area contributed by atoms with Crippen molar-refractivity contribution in [3.8, 4) is 0 Å². The van der Waals surface area contributed by atoms with Crippen LogP contribution < -0.4 is 11.1 Å². The minimum atomic E-state index is -0.0142. The molecule has 0 aliphatic heterocycles. The van der Waals surface area contributed by atoms with Crippen molar-refractivity contribution in [3.63, 3.8) is 0 Å². The lowest BCUT2D eigenvalue weighted by molar-refractivity contribution is 0.0828. The summed E-state index contributed by atoms with van der Waals surface area (Å²) in [4.78, 5) is 13.7. The fourth-order valence-corrected chi connectivity index (χ4v) is 1.64. The van der Waals surface area contributed by atoms with E-state index >= 15 is 0 Å². The number of nitrogen functional groups attached to an aromatic ring is 1. The summed E-state index contributed by atoms with van der Waals surface area (Å²) >= 11 is 0. The molecular weight excluding hydrogens is 238 g/mol. The van der Waals surface area contributed by atoms with E-state index in [1.807, 2.05) is 6.07 Å². The molecule has 1 aromatic carbocycles. The summed E-state index contributed by atoms with van der Waals surface area (Å²) in [6.45, 7) is 7.40. The summed E-state index contributed by atoms with van der Waals surface area (Å²) in [5.74, 6) is 1.12. The van der Waals surface area contributed by atoms with E-state index in [4.69, 9.17) is 5.73 Å². The largest absolute Gasteiger partial charge is 0.399 e. The molecule has 0 spiro atoms. The summed E-state index contributed by atoms with van der Waals surface area (Å²) in [6, 6.07) is 5.36. The van der Waals surface area contributed by atoms with Gasteiger partial charge in [0.05, 0.1) is 5.56 Å². The standard InChI is InChI=1S/C15H25N3O/c1-10(2)11(3)9-17-14-8-12(16)6-7-13(14)15(19)18(4)5/h6-8,10-11,17H,9,16H2,1-5H3. The molecule has 1 aromatic rings. The predicted molar refractivity (Wildman–Crippen MR) is 81.4 cm³/mol. The van der Waals surface area contributed by atoms with Crippen LogP contribution in [-0.4, -0.2) is 31.4 Å². The zero-order valence-corrected chi connectivity index (χ0v) is 12.5. The molecule has 0 bridgehead atoms. The van der Waals surface area contributed by atoms with E-state index < -0.39 is 0 Å². The molecule has 0 saturated heterocycles. The first-order chi connectivity index (χ1) is 8.82. The average molecular weight is 263 g/mol. The number of anilines is 2. The Labute approximate surface area is 116 Å². The zero-order valence-electron chi connectivity index (χ0n) is 12.5. The van der Waals surface area contributed by atoms with Gasteiger partial charge in [0.1, 0.15) is 0 Å². The number of nitrogens with zero attached hydrogens (tertiary/aromatic N) is 1. The summed E-state index contributed by atoms with van der Waals surface area (Å²) in [7, 11) is 3.50. The second-order valence-electron chi connectivity index (χ2n) is 5.61. The first kappa shape index (κ1) is 15.3. The third kappa shape index (κ3) is 4.16. The van der Waals surface area contributed by atoms with E-state index in [9.17, 15) is 4.79 Å². The van der Waals surface area contributed by atoms with Crippen LogP contribution in [-0.2, 0) is 0 Å². The molecule has 0 heterocycles. The van der Waals surface area contributed by atoms with E-state index in [0.717, 1.165) is 12.2 Å². The van der Waals surface area contributed by atoms with Crippen molar-refractivity contribution in [2.24, 2.45) is 11.8 Å². The third-order valence-electron chi connectivity index (χ3n) is 3.43. The van der Waals surface area contributed by atoms with Gasteiger partial charge in [-0.05, 0) is 30.0 Å². The Hall–Kier alpha value is -1.71. The maximum absolute atomic E-state index is 12.1. The van der Waals surface area contributed by atoms with Crippen molar-refractivity contribution < 1.29 is 4.79 Å². The van der Waals surface area contributed by atoms with Crippen molar-refractivity contribution in [2.75, 3.05) is 31.7 Å². The topological polar surface area (TPSA) is 58.4 Å². The number of benzene rings is 1. The molecule has 4 heteroatoms. The first-order valence-corrected chi connectivity index (χ1v) is 6.68. The maximum Gasteiger partial charge on any atom is 0.255 e. The van der Waals surface area contributed by atoms with Crippen LogP contribution in [0.4, 0.5) is 11.4 Å². The number of hydrogen-bond acceptors (Lipinski definition) is 3. The molecule has 19 heavy (non-hydrogen) atoms. The number of carbonyl (C=O) groups is 1. The first-order valence-electron chi connectivity index (χ1n) is 6.68. The van der Waals surface area contributed by atoms with Crippen LogP contribution in [0, 0.1) is 11.8 Å². The van der Waals surface area contributed by atoms with Crippen LogP contribution in [0.1, 0.15) is 31.1 Å². The highest BCUT2D eigenvalue weighted by Crippen LogP contribution is 2.21. The summed E-state index contributed by atoms with van der Waals surface area (Å²) in [5, 5.41) is 3.34. The van der Waals surface area contributed by atoms with Gasteiger partial charge in [-0.1, -0.05) is 20.8 Å². The Bertz CT molecular complexity index is 441. The molecule has 106 valence electrons. The van der Waals surface area contributed by atoms with Gasteiger partial charge < -0.3 is 16.0 Å². The molecule has 3 N–H and O–H groups in total. The summed E-state index contributed by atoms with van der Waals surface area (Å²) in [6.07, 6.45) is 0. The average Bonchev–Trinajstić information content (AvgIpc) is 2.34. The Morgan fingerprint density at radius 1 is 1.32 bits per heavy atom. The van der Waals surface area contributed by atoms with Gasteiger partial charge in [-0.2, -0.15) is 0 Å². The van der Waals surface area contributed by atoms with E-state index in [1.165, 1.54) is 0 Å². The molecule has 0 saturated carbocycles. The Morgan fingerprint density at radius 3 is 2.47 bits per heavy atom. The quantitative estimate of drug-likeness (QED) is 0.803. The monoisotopic (exact) mass is 263 g/mol. The van der Waals surface area contributed by atoms with E-state index in [1.54, 1.807) is 31.1 Å². The molecule has 0 aliphatic carbocycles. The minimum absolute atomic E-state index is 0.0142. The molecule has 0 aliphatic rings. The van der Waals surface area contributed by atoms with Crippen molar-refractivity contribution in [1.29, 1.82) is 0 Å². The molecule has 0 aromatic heterocycles. The van der Waals surface area contributed by atoms with Gasteiger partial charge >= 0.3 is 0 Å². The Kier molecular flexibility index (Phi) is 5.21. The molecular formula is C15H25N3O. The van der Waals surface area contributed by atoms with Gasteiger partial charge in [0.15, 0.2) is 0 Å². The van der Waals surface area contributed by atoms with Crippen molar-refractivity contribution >= 4 is 17.3 Å². The van der Waals surface area contributed by atoms with Crippen molar-refractivity contribution in [2.45, 2.75) is 20.8 Å². The molecule has 0 radical (unpaired) electrons. The SMILES string of the molecule is CC(C)C(C)CNc1cc(N)ccc1C(=O)N(C)C. The number of nitrogens with two attached hydrogens (primary N) is 1. The molecule has 1 atom stereocenters. The normalized spacial score (nSPS) is 12.3. The number of amides is 1. The van der Waals surface area contributed by atoms with Crippen molar-refractivity contribution in [3.05, 3.63) is 23.8 Å². The highest BCUT2D eigenvalue weighted by atomic mass is 16.2. The van der Waals surface area contributed by atoms with Crippen LogP contribution in [0.3, 0.4) is 0 Å². The van der Waals surface area contributed by atoms with Crippen molar-refractivity contribution in [1.82, 2.24) is 4.90 Å². The zero-order chi connectivity index (χ0) is 14.6. The van der Waals surface area contributed by atoms with E-state index in [2.05, 4.69) is 26.1 Å². The number of carbonyl (C=O) groups excluding carboxylic acids is 1. The Balaban J connectivity index is 2.92. The van der Waals surface area contributed by atoms with Gasteiger partial charge in [0.25, 0.3) is 5.91 Å². The predicted octanol–water partition coefficient (Wildman–Crippen LogP) is 2.67. The fourth-order valence-electron chi connectivity index (χ4n) is 1.64. The fraction of sp³-hybridized carbons (Fsp3) is 0.533. The van der Waals surface area contributed by atoms with Gasteiger partial charge in [0.2, 0.25) is 0 Å². The van der Waals surface area contributed by atoms with Crippen LogP contribution in [0.5, 0.6) is 0 Å². The van der Waals surface area contributed by atoms with Gasteiger partial charge in [0, 0.05) is 32.0 Å². The molecule has 1 unspecified atom stereocenters. The van der Waals surface area contributed by atoms with E-state index in [-0.39, 0.29) is 5.91 Å².